The van der Waals surface area contributed by atoms with Crippen LogP contribution >= 0.6 is 0 Å². The number of rotatable bonds is 3. The second kappa shape index (κ2) is 5.30. The van der Waals surface area contributed by atoms with Crippen molar-refractivity contribution in [2.45, 2.75) is 13.3 Å². The molecule has 0 saturated carbocycles. The number of nitrogens with zero attached hydrogens (tertiary/aromatic N) is 1. The van der Waals surface area contributed by atoms with Crippen molar-refractivity contribution in [3.8, 4) is 0 Å². The van der Waals surface area contributed by atoms with E-state index in [4.69, 9.17) is 0 Å². The van der Waals surface area contributed by atoms with E-state index in [-0.39, 0.29) is 0 Å². The second-order valence-corrected chi connectivity index (χ2v) is 3.90. The molecule has 0 bridgehead atoms. The van der Waals surface area contributed by atoms with Crippen molar-refractivity contribution >= 4 is 11.9 Å². The van der Waals surface area contributed by atoms with E-state index >= 15 is 0 Å². The molecule has 0 unspecified atom stereocenters. The maximum atomic E-state index is 9.92. The molecule has 0 amide bonds. The summed E-state index contributed by atoms with van der Waals surface area (Å²) in [6, 6.07) is 17.6. The summed E-state index contributed by atoms with van der Waals surface area (Å²) in [7, 11) is 0. The minimum atomic E-state index is 0.769. The fourth-order valence-electron chi connectivity index (χ4n) is 1.64. The first-order valence-electron chi connectivity index (χ1n) is 5.76. The Morgan fingerprint density at radius 2 is 1.65 bits per heavy atom. The summed E-state index contributed by atoms with van der Waals surface area (Å²) in [6.07, 6.45) is 2.70. The van der Waals surface area contributed by atoms with Gasteiger partial charge in [-0.05, 0) is 24.1 Å². The zero-order valence-electron chi connectivity index (χ0n) is 9.88. The highest BCUT2D eigenvalue weighted by Crippen LogP contribution is 2.12. The van der Waals surface area contributed by atoms with Gasteiger partial charge in [-0.2, -0.15) is 0 Å². The van der Waals surface area contributed by atoms with Gasteiger partial charge >= 0.3 is 0 Å². The Kier molecular flexibility index (Phi) is 3.55. The maximum Gasteiger partial charge on any atom is 0.257 e. The third-order valence-electron chi connectivity index (χ3n) is 2.68. The third kappa shape index (κ3) is 2.94. The predicted octanol–water partition coefficient (Wildman–Crippen LogP) is 3.40. The molecule has 0 aliphatic rings. The van der Waals surface area contributed by atoms with Crippen LogP contribution in [-0.4, -0.2) is 16.2 Å². The van der Waals surface area contributed by atoms with Crippen LogP contribution in [0.5, 0.6) is 0 Å². The summed E-state index contributed by atoms with van der Waals surface area (Å²) in [4.78, 5) is 0. The summed E-state index contributed by atoms with van der Waals surface area (Å²) in [5.41, 5.74) is 3.00. The Morgan fingerprint density at radius 3 is 2.24 bits per heavy atom. The molecule has 17 heavy (non-hydrogen) atoms. The molecule has 1 N–H and O–H groups in total. The van der Waals surface area contributed by atoms with Crippen LogP contribution in [0.3, 0.4) is 0 Å². The number of benzene rings is 2. The van der Waals surface area contributed by atoms with E-state index in [0.717, 1.165) is 22.4 Å². The first kappa shape index (κ1) is 11.4. The van der Waals surface area contributed by atoms with Crippen molar-refractivity contribution < 1.29 is 9.95 Å². The first-order chi connectivity index (χ1) is 8.29. The highest BCUT2D eigenvalue weighted by Gasteiger charge is 2.06. The Bertz CT molecular complexity index is 500. The predicted molar refractivity (Wildman–Crippen MR) is 69.1 cm³/mol. The normalized spacial score (nSPS) is 11.5. The highest BCUT2D eigenvalue weighted by atomic mass is 16.5. The summed E-state index contributed by atoms with van der Waals surface area (Å²) in [6.45, 7) is 2.11. The molecular formula is C15H16NO+. The van der Waals surface area contributed by atoms with Gasteiger partial charge in [0.1, 0.15) is 0 Å². The van der Waals surface area contributed by atoms with Gasteiger partial charge in [0.15, 0.2) is 0 Å². The molecule has 0 saturated heterocycles. The second-order valence-electron chi connectivity index (χ2n) is 3.90. The van der Waals surface area contributed by atoms with Gasteiger partial charge in [-0.25, -0.2) is 0 Å². The van der Waals surface area contributed by atoms with Crippen LogP contribution in [0.4, 0.5) is 5.69 Å². The molecule has 86 valence electrons. The molecule has 2 aromatic rings. The van der Waals surface area contributed by atoms with Crippen LogP contribution in [0.2, 0.25) is 0 Å². The minimum Gasteiger partial charge on any atom is -0.285 e. The Balaban J connectivity index is 2.24. The van der Waals surface area contributed by atoms with E-state index in [9.17, 15) is 5.21 Å². The minimum absolute atomic E-state index is 0.769. The van der Waals surface area contributed by atoms with Crippen molar-refractivity contribution in [2.24, 2.45) is 0 Å². The molecule has 0 spiro atoms. The molecule has 2 aromatic carbocycles. The van der Waals surface area contributed by atoms with Crippen LogP contribution in [0.15, 0.2) is 54.6 Å². The molecular weight excluding hydrogens is 210 g/mol. The van der Waals surface area contributed by atoms with E-state index in [1.54, 1.807) is 6.21 Å². The third-order valence-corrected chi connectivity index (χ3v) is 2.68. The van der Waals surface area contributed by atoms with Crippen LogP contribution in [0.25, 0.3) is 0 Å². The number of hydrogen-bond acceptors (Lipinski definition) is 1. The Labute approximate surface area is 101 Å². The largest absolute Gasteiger partial charge is 0.285 e. The molecule has 0 heterocycles. The van der Waals surface area contributed by atoms with Gasteiger partial charge in [-0.3, -0.25) is 5.21 Å². The first-order valence-corrected chi connectivity index (χ1v) is 5.76. The van der Waals surface area contributed by atoms with Gasteiger partial charge in [0.25, 0.3) is 5.69 Å². The molecule has 2 heteroatoms. The van der Waals surface area contributed by atoms with Crippen LogP contribution in [0.1, 0.15) is 18.1 Å². The highest BCUT2D eigenvalue weighted by molar-refractivity contribution is 5.76. The lowest BCUT2D eigenvalue weighted by Crippen LogP contribution is -2.01. The van der Waals surface area contributed by atoms with Crippen LogP contribution < -0.4 is 0 Å². The zero-order chi connectivity index (χ0) is 12.1. The molecule has 0 fully saturated rings. The van der Waals surface area contributed by atoms with Gasteiger partial charge < -0.3 is 0 Å². The van der Waals surface area contributed by atoms with E-state index in [0.29, 0.717) is 0 Å². The molecule has 0 atom stereocenters. The lowest BCUT2D eigenvalue weighted by molar-refractivity contribution is -0.709. The monoisotopic (exact) mass is 226 g/mol. The van der Waals surface area contributed by atoms with Gasteiger partial charge in [0.2, 0.25) is 6.21 Å². The fourth-order valence-corrected chi connectivity index (χ4v) is 1.64. The van der Waals surface area contributed by atoms with Gasteiger partial charge in [0.05, 0.1) is 0 Å². The molecule has 0 radical (unpaired) electrons. The van der Waals surface area contributed by atoms with Crippen LogP contribution in [0, 0.1) is 0 Å². The quantitative estimate of drug-likeness (QED) is 0.368. The van der Waals surface area contributed by atoms with E-state index in [1.165, 1.54) is 5.56 Å². The van der Waals surface area contributed by atoms with Crippen LogP contribution in [-0.2, 0) is 6.42 Å². The van der Waals surface area contributed by atoms with Crippen molar-refractivity contribution in [3.63, 3.8) is 0 Å². The van der Waals surface area contributed by atoms with E-state index < -0.39 is 0 Å². The van der Waals surface area contributed by atoms with Gasteiger partial charge in [0, 0.05) is 22.4 Å². The number of hydrogen-bond donors (Lipinski definition) is 1. The SMILES string of the molecule is CCc1ccc(/[N+](O)=C/c2ccccc2)cc1. The lowest BCUT2D eigenvalue weighted by atomic mass is 10.1. The Hall–Kier alpha value is -2.09. The molecule has 0 aromatic heterocycles. The summed E-state index contributed by atoms with van der Waals surface area (Å²) < 4.78 is 1.15. The van der Waals surface area contributed by atoms with Crippen molar-refractivity contribution in [3.05, 3.63) is 65.7 Å². The topological polar surface area (TPSA) is 23.2 Å². The molecule has 0 aliphatic heterocycles. The average Bonchev–Trinajstić information content (AvgIpc) is 2.40. The zero-order valence-corrected chi connectivity index (χ0v) is 9.88. The van der Waals surface area contributed by atoms with Crippen molar-refractivity contribution in [2.75, 3.05) is 0 Å². The summed E-state index contributed by atoms with van der Waals surface area (Å²) in [5.74, 6) is 0. The molecule has 0 aliphatic carbocycles. The number of aryl methyl sites for hydroxylation is 1. The van der Waals surface area contributed by atoms with Crippen molar-refractivity contribution in [1.82, 2.24) is 0 Å². The van der Waals surface area contributed by atoms with Gasteiger partial charge in [-0.1, -0.05) is 37.3 Å². The lowest BCUT2D eigenvalue weighted by Gasteiger charge is -1.96. The maximum absolute atomic E-state index is 9.92. The molecule has 2 rings (SSSR count). The van der Waals surface area contributed by atoms with Gasteiger partial charge in [-0.15, -0.1) is 0 Å². The standard InChI is InChI=1S/C15H16NO/c1-2-13-8-10-15(11-9-13)16(17)12-14-6-4-3-5-7-14/h3-12,17H,2H2,1H3/q+1/b16-12-. The van der Waals surface area contributed by atoms with E-state index in [2.05, 4.69) is 6.92 Å². The Morgan fingerprint density at radius 1 is 1.00 bits per heavy atom. The summed E-state index contributed by atoms with van der Waals surface area (Å²) >= 11 is 0. The van der Waals surface area contributed by atoms with Crippen molar-refractivity contribution in [1.29, 1.82) is 0 Å². The summed E-state index contributed by atoms with van der Waals surface area (Å²) in [5, 5.41) is 9.92. The average molecular weight is 226 g/mol. The van der Waals surface area contributed by atoms with E-state index in [1.807, 2.05) is 54.6 Å². The molecule has 2 nitrogen and oxygen atoms in total. The fraction of sp³-hybridized carbons (Fsp3) is 0.133. The smallest absolute Gasteiger partial charge is 0.257 e.